The molecule has 0 aliphatic rings. The Balaban J connectivity index is 1.81. The first-order valence-electron chi connectivity index (χ1n) is 8.83. The number of carbonyl (C=O) groups excluding carboxylic acids is 2. The van der Waals surface area contributed by atoms with E-state index in [1.807, 2.05) is 31.2 Å². The summed E-state index contributed by atoms with van der Waals surface area (Å²) in [6, 6.07) is 12.4. The zero-order valence-electron chi connectivity index (χ0n) is 15.9. The molecule has 6 heteroatoms. The average molecular weight is 371 g/mol. The van der Waals surface area contributed by atoms with Crippen LogP contribution < -0.4 is 19.5 Å². The van der Waals surface area contributed by atoms with Gasteiger partial charge in [0, 0.05) is 11.1 Å². The monoisotopic (exact) mass is 371 g/mol. The summed E-state index contributed by atoms with van der Waals surface area (Å²) < 4.78 is 16.2. The number of hydrogen-bond donors (Lipinski definition) is 1. The van der Waals surface area contributed by atoms with Crippen molar-refractivity contribution >= 4 is 11.7 Å². The molecule has 0 saturated heterocycles. The number of nitrogens with one attached hydrogen (secondary N) is 1. The molecule has 2 rings (SSSR count). The molecule has 0 heterocycles. The van der Waals surface area contributed by atoms with Gasteiger partial charge in [-0.15, -0.1) is 0 Å². The minimum atomic E-state index is -0.163. The molecule has 0 fully saturated rings. The summed E-state index contributed by atoms with van der Waals surface area (Å²) in [6.45, 7) is 4.76. The van der Waals surface area contributed by atoms with Gasteiger partial charge in [0.1, 0.15) is 23.9 Å². The molecule has 0 radical (unpaired) electrons. The van der Waals surface area contributed by atoms with Gasteiger partial charge in [0.2, 0.25) is 5.91 Å². The molecule has 2 aromatic rings. The SMILES string of the molecule is CCOc1ccc(OCCNC(=O)Cc2cc(C(C)=O)ccc2OC)cc1. The largest absolute Gasteiger partial charge is 0.496 e. The molecule has 0 aromatic heterocycles. The summed E-state index contributed by atoms with van der Waals surface area (Å²) >= 11 is 0. The highest BCUT2D eigenvalue weighted by Crippen LogP contribution is 2.21. The van der Waals surface area contributed by atoms with Gasteiger partial charge in [0.25, 0.3) is 0 Å². The number of amides is 1. The molecule has 2 aromatic carbocycles. The predicted octanol–water partition coefficient (Wildman–Crippen LogP) is 3.03. The van der Waals surface area contributed by atoms with Crippen molar-refractivity contribution < 1.29 is 23.8 Å². The van der Waals surface area contributed by atoms with E-state index in [0.717, 1.165) is 5.75 Å². The molecule has 0 aliphatic carbocycles. The number of ether oxygens (including phenoxy) is 3. The Labute approximate surface area is 159 Å². The summed E-state index contributed by atoms with van der Waals surface area (Å²) in [5, 5.41) is 2.80. The van der Waals surface area contributed by atoms with Crippen LogP contribution in [0.15, 0.2) is 42.5 Å². The van der Waals surface area contributed by atoms with E-state index in [4.69, 9.17) is 14.2 Å². The second-order valence-corrected chi connectivity index (χ2v) is 5.86. The lowest BCUT2D eigenvalue weighted by atomic mass is 10.0. The van der Waals surface area contributed by atoms with Gasteiger partial charge in [-0.1, -0.05) is 0 Å². The van der Waals surface area contributed by atoms with E-state index in [-0.39, 0.29) is 18.1 Å². The van der Waals surface area contributed by atoms with Crippen molar-refractivity contribution in [3.63, 3.8) is 0 Å². The van der Waals surface area contributed by atoms with Gasteiger partial charge in [0.05, 0.1) is 26.7 Å². The van der Waals surface area contributed by atoms with Crippen LogP contribution in [0.3, 0.4) is 0 Å². The highest BCUT2D eigenvalue weighted by molar-refractivity contribution is 5.94. The number of hydrogen-bond acceptors (Lipinski definition) is 5. The van der Waals surface area contributed by atoms with Crippen LogP contribution in [0.1, 0.15) is 29.8 Å². The Morgan fingerprint density at radius 2 is 1.67 bits per heavy atom. The van der Waals surface area contributed by atoms with Crippen LogP contribution in [-0.4, -0.2) is 38.6 Å². The first-order valence-corrected chi connectivity index (χ1v) is 8.83. The maximum absolute atomic E-state index is 12.2. The summed E-state index contributed by atoms with van der Waals surface area (Å²) in [4.78, 5) is 23.7. The standard InChI is InChI=1S/C21H25NO5/c1-4-26-18-6-8-19(9-7-18)27-12-11-22-21(24)14-17-13-16(15(2)23)5-10-20(17)25-3/h5-10,13H,4,11-12,14H2,1-3H3,(H,22,24). The fraction of sp³-hybridized carbons (Fsp3) is 0.333. The van der Waals surface area contributed by atoms with E-state index in [0.29, 0.717) is 42.4 Å². The fourth-order valence-corrected chi connectivity index (χ4v) is 2.53. The molecular weight excluding hydrogens is 346 g/mol. The normalized spacial score (nSPS) is 10.2. The van der Waals surface area contributed by atoms with Crippen LogP contribution in [0, 0.1) is 0 Å². The maximum Gasteiger partial charge on any atom is 0.224 e. The first-order chi connectivity index (χ1) is 13.0. The smallest absolute Gasteiger partial charge is 0.224 e. The second kappa shape index (κ2) is 10.2. The third-order valence-electron chi connectivity index (χ3n) is 3.87. The minimum absolute atomic E-state index is 0.0527. The van der Waals surface area contributed by atoms with Gasteiger partial charge in [-0.25, -0.2) is 0 Å². The lowest BCUT2D eigenvalue weighted by molar-refractivity contribution is -0.120. The maximum atomic E-state index is 12.2. The van der Waals surface area contributed by atoms with E-state index < -0.39 is 0 Å². The van der Waals surface area contributed by atoms with E-state index in [2.05, 4.69) is 5.32 Å². The van der Waals surface area contributed by atoms with Crippen molar-refractivity contribution in [3.8, 4) is 17.2 Å². The summed E-state index contributed by atoms with van der Waals surface area (Å²) in [7, 11) is 1.54. The highest BCUT2D eigenvalue weighted by atomic mass is 16.5. The zero-order valence-corrected chi connectivity index (χ0v) is 15.9. The van der Waals surface area contributed by atoms with Crippen molar-refractivity contribution in [1.82, 2.24) is 5.32 Å². The van der Waals surface area contributed by atoms with E-state index >= 15 is 0 Å². The Kier molecular flexibility index (Phi) is 7.67. The van der Waals surface area contributed by atoms with Crippen LogP contribution in [0.5, 0.6) is 17.2 Å². The van der Waals surface area contributed by atoms with Crippen LogP contribution in [-0.2, 0) is 11.2 Å². The number of methoxy groups -OCH3 is 1. The molecule has 144 valence electrons. The average Bonchev–Trinajstić information content (AvgIpc) is 2.66. The molecule has 0 aliphatic heterocycles. The molecule has 0 saturated carbocycles. The quantitative estimate of drug-likeness (QED) is 0.513. The van der Waals surface area contributed by atoms with Gasteiger partial charge in [-0.2, -0.15) is 0 Å². The third-order valence-corrected chi connectivity index (χ3v) is 3.87. The van der Waals surface area contributed by atoms with Crippen molar-refractivity contribution in [3.05, 3.63) is 53.6 Å². The number of benzene rings is 2. The van der Waals surface area contributed by atoms with Crippen LogP contribution in [0.25, 0.3) is 0 Å². The van der Waals surface area contributed by atoms with Crippen LogP contribution >= 0.6 is 0 Å². The lowest BCUT2D eigenvalue weighted by Crippen LogP contribution is -2.29. The molecular formula is C21H25NO5. The predicted molar refractivity (Wildman–Crippen MR) is 103 cm³/mol. The van der Waals surface area contributed by atoms with Crippen molar-refractivity contribution in [2.75, 3.05) is 26.9 Å². The van der Waals surface area contributed by atoms with Gasteiger partial charge < -0.3 is 19.5 Å². The van der Waals surface area contributed by atoms with Crippen LogP contribution in [0.4, 0.5) is 0 Å². The van der Waals surface area contributed by atoms with E-state index in [1.165, 1.54) is 14.0 Å². The lowest BCUT2D eigenvalue weighted by Gasteiger charge is -2.11. The topological polar surface area (TPSA) is 73.9 Å². The number of Topliss-reactive ketones (excluding diaryl/α,β-unsaturated/α-hetero) is 1. The van der Waals surface area contributed by atoms with Gasteiger partial charge >= 0.3 is 0 Å². The fourth-order valence-electron chi connectivity index (χ4n) is 2.53. The molecule has 27 heavy (non-hydrogen) atoms. The van der Waals surface area contributed by atoms with E-state index in [9.17, 15) is 9.59 Å². The Morgan fingerprint density at radius 1 is 1.00 bits per heavy atom. The number of ketones is 1. The van der Waals surface area contributed by atoms with Gasteiger partial charge in [-0.3, -0.25) is 9.59 Å². The Bertz CT molecular complexity index is 771. The highest BCUT2D eigenvalue weighted by Gasteiger charge is 2.11. The molecule has 0 spiro atoms. The minimum Gasteiger partial charge on any atom is -0.496 e. The van der Waals surface area contributed by atoms with Crippen LogP contribution in [0.2, 0.25) is 0 Å². The Hall–Kier alpha value is -3.02. The van der Waals surface area contributed by atoms with E-state index in [1.54, 1.807) is 18.2 Å². The van der Waals surface area contributed by atoms with Gasteiger partial charge in [0.15, 0.2) is 5.78 Å². The summed E-state index contributed by atoms with van der Waals surface area (Å²) in [5.41, 5.74) is 1.23. The van der Waals surface area contributed by atoms with Crippen molar-refractivity contribution in [2.45, 2.75) is 20.3 Å². The molecule has 0 atom stereocenters. The molecule has 0 unspecified atom stereocenters. The van der Waals surface area contributed by atoms with Crippen molar-refractivity contribution in [1.29, 1.82) is 0 Å². The first kappa shape index (κ1) is 20.3. The summed E-state index contributed by atoms with van der Waals surface area (Å²) in [5.74, 6) is 1.87. The van der Waals surface area contributed by atoms with Gasteiger partial charge in [-0.05, 0) is 56.3 Å². The number of rotatable bonds is 10. The van der Waals surface area contributed by atoms with Crippen molar-refractivity contribution in [2.24, 2.45) is 0 Å². The molecule has 1 amide bonds. The molecule has 6 nitrogen and oxygen atoms in total. The molecule has 1 N–H and O–H groups in total. The molecule has 0 bridgehead atoms. The Morgan fingerprint density at radius 3 is 2.26 bits per heavy atom. The second-order valence-electron chi connectivity index (χ2n) is 5.86. The zero-order chi connectivity index (χ0) is 19.6. The summed E-state index contributed by atoms with van der Waals surface area (Å²) in [6.07, 6.45) is 0.132. The third kappa shape index (κ3) is 6.33. The number of carbonyl (C=O) groups is 2.